The molecule has 1 aliphatic heterocycles. The van der Waals surface area contributed by atoms with Crippen LogP contribution >= 0.6 is 15.9 Å². The van der Waals surface area contributed by atoms with E-state index in [9.17, 15) is 18.0 Å². The van der Waals surface area contributed by atoms with Gasteiger partial charge < -0.3 is 19.7 Å². The number of alkyl halides is 3. The molecule has 0 saturated carbocycles. The third-order valence-electron chi connectivity index (χ3n) is 5.70. The molecule has 0 bridgehead atoms. The van der Waals surface area contributed by atoms with Crippen molar-refractivity contribution in [1.29, 1.82) is 0 Å². The van der Waals surface area contributed by atoms with Gasteiger partial charge in [-0.25, -0.2) is 9.78 Å². The molecule has 1 N–H and O–H groups in total. The van der Waals surface area contributed by atoms with E-state index < -0.39 is 17.7 Å². The smallest absolute Gasteiger partial charge is 0.416 e. The number of ether oxygens (including phenoxy) is 2. The van der Waals surface area contributed by atoms with Crippen molar-refractivity contribution in [3.8, 4) is 5.75 Å². The fourth-order valence-corrected chi connectivity index (χ4v) is 4.31. The Balaban J connectivity index is 1.62. The summed E-state index contributed by atoms with van der Waals surface area (Å²) in [6.07, 6.45) is -2.78. The summed E-state index contributed by atoms with van der Waals surface area (Å²) in [6.45, 7) is 3.08. The Bertz CT molecular complexity index is 1220. The van der Waals surface area contributed by atoms with Crippen molar-refractivity contribution in [2.24, 2.45) is 0 Å². The number of hydrogen-bond donors (Lipinski definition) is 1. The predicted molar refractivity (Wildman–Crippen MR) is 130 cm³/mol. The summed E-state index contributed by atoms with van der Waals surface area (Å²) in [6, 6.07) is 12.2. The molecule has 4 rings (SSSR count). The number of nitrogens with zero attached hydrogens (tertiary/aromatic N) is 2. The van der Waals surface area contributed by atoms with Gasteiger partial charge in [-0.15, -0.1) is 0 Å². The van der Waals surface area contributed by atoms with Gasteiger partial charge in [0.1, 0.15) is 12.3 Å². The predicted octanol–water partition coefficient (Wildman–Crippen LogP) is 6.22. The van der Waals surface area contributed by atoms with Gasteiger partial charge in [0, 0.05) is 12.7 Å². The van der Waals surface area contributed by atoms with Crippen molar-refractivity contribution >= 4 is 33.4 Å². The SMILES string of the molecule is COC(=O)c1ccc(C(C)Nc2ncc(Br)c3c2N(Cc2cccc(C(F)(F)F)c2)CCO3)cc1. The highest BCUT2D eigenvalue weighted by molar-refractivity contribution is 9.10. The van der Waals surface area contributed by atoms with E-state index in [-0.39, 0.29) is 12.6 Å². The lowest BCUT2D eigenvalue weighted by molar-refractivity contribution is -0.137. The van der Waals surface area contributed by atoms with Crippen molar-refractivity contribution in [1.82, 2.24) is 4.98 Å². The fraction of sp³-hybridized carbons (Fsp3) is 0.280. The number of rotatable bonds is 6. The number of hydrogen-bond acceptors (Lipinski definition) is 6. The van der Waals surface area contributed by atoms with Gasteiger partial charge in [0.25, 0.3) is 0 Å². The molecule has 6 nitrogen and oxygen atoms in total. The average molecular weight is 550 g/mol. The van der Waals surface area contributed by atoms with E-state index >= 15 is 0 Å². The van der Waals surface area contributed by atoms with Crippen molar-refractivity contribution in [3.05, 3.63) is 81.5 Å². The maximum atomic E-state index is 13.2. The molecular weight excluding hydrogens is 527 g/mol. The van der Waals surface area contributed by atoms with Crippen LogP contribution in [-0.4, -0.2) is 31.2 Å². The first-order chi connectivity index (χ1) is 16.7. The van der Waals surface area contributed by atoms with Crippen molar-refractivity contribution in [2.75, 3.05) is 30.5 Å². The molecule has 35 heavy (non-hydrogen) atoms. The Labute approximate surface area is 209 Å². The molecule has 1 aromatic heterocycles. The Morgan fingerprint density at radius 1 is 1.26 bits per heavy atom. The number of nitrogens with one attached hydrogen (secondary N) is 1. The van der Waals surface area contributed by atoms with E-state index in [4.69, 9.17) is 9.47 Å². The first kappa shape index (κ1) is 24.8. The number of benzene rings is 2. The van der Waals surface area contributed by atoms with Gasteiger partial charge in [-0.3, -0.25) is 0 Å². The third kappa shape index (κ3) is 5.53. The second-order valence-electron chi connectivity index (χ2n) is 8.08. The number of fused-ring (bicyclic) bond motifs is 1. The van der Waals surface area contributed by atoms with Crippen LogP contribution in [0.1, 0.15) is 40.0 Å². The minimum absolute atomic E-state index is 0.184. The molecule has 0 aliphatic carbocycles. The highest BCUT2D eigenvalue weighted by atomic mass is 79.9. The largest absolute Gasteiger partial charge is 0.488 e. The van der Waals surface area contributed by atoms with Crippen LogP contribution in [0.25, 0.3) is 0 Å². The van der Waals surface area contributed by atoms with Gasteiger partial charge in [0.05, 0.1) is 35.3 Å². The molecule has 3 aromatic rings. The first-order valence-corrected chi connectivity index (χ1v) is 11.6. The zero-order chi connectivity index (χ0) is 25.2. The molecule has 1 atom stereocenters. The molecule has 0 fully saturated rings. The molecule has 0 saturated heterocycles. The van der Waals surface area contributed by atoms with Crippen molar-refractivity contribution in [2.45, 2.75) is 25.7 Å². The Morgan fingerprint density at radius 2 is 2.00 bits per heavy atom. The second-order valence-corrected chi connectivity index (χ2v) is 8.93. The normalized spacial score (nSPS) is 14.1. The standard InChI is InChI=1S/C25H23BrF3N3O3/c1-15(17-6-8-18(9-7-17)24(33)34-2)31-23-21-22(20(26)13-30-23)35-11-10-32(21)14-16-4-3-5-19(12-16)25(27,28)29/h3-9,12-13,15H,10-11,14H2,1-2H3,(H,30,31). The highest BCUT2D eigenvalue weighted by Crippen LogP contribution is 2.44. The summed E-state index contributed by atoms with van der Waals surface area (Å²) in [4.78, 5) is 18.2. The zero-order valence-corrected chi connectivity index (χ0v) is 20.6. The molecule has 1 unspecified atom stereocenters. The molecule has 10 heteroatoms. The minimum Gasteiger partial charge on any atom is -0.488 e. The van der Waals surface area contributed by atoms with Gasteiger partial charge in [0.15, 0.2) is 11.6 Å². The topological polar surface area (TPSA) is 63.7 Å². The third-order valence-corrected chi connectivity index (χ3v) is 6.26. The van der Waals surface area contributed by atoms with Crippen molar-refractivity contribution < 1.29 is 27.4 Å². The number of methoxy groups -OCH3 is 1. The van der Waals surface area contributed by atoms with E-state index in [0.717, 1.165) is 11.6 Å². The van der Waals surface area contributed by atoms with E-state index in [1.54, 1.807) is 24.4 Å². The monoisotopic (exact) mass is 549 g/mol. The number of carbonyl (C=O) groups excluding carboxylic acids is 1. The van der Waals surface area contributed by atoms with Crippen LogP contribution in [0, 0.1) is 0 Å². The van der Waals surface area contributed by atoms with Crippen LogP contribution in [0.3, 0.4) is 0 Å². The maximum absolute atomic E-state index is 13.2. The molecule has 2 aromatic carbocycles. The highest BCUT2D eigenvalue weighted by Gasteiger charge is 2.31. The van der Waals surface area contributed by atoms with E-state index in [1.165, 1.54) is 19.2 Å². The van der Waals surface area contributed by atoms with Crippen LogP contribution in [0.2, 0.25) is 0 Å². The summed E-state index contributed by atoms with van der Waals surface area (Å²) in [5, 5.41) is 3.38. The average Bonchev–Trinajstić information content (AvgIpc) is 2.85. The van der Waals surface area contributed by atoms with Crippen molar-refractivity contribution in [3.63, 3.8) is 0 Å². The molecule has 2 heterocycles. The minimum atomic E-state index is -4.41. The van der Waals surface area contributed by atoms with Gasteiger partial charge in [-0.05, 0) is 58.2 Å². The van der Waals surface area contributed by atoms with Gasteiger partial charge in [0.2, 0.25) is 0 Å². The Hall–Kier alpha value is -3.27. The Morgan fingerprint density at radius 3 is 2.69 bits per heavy atom. The molecule has 0 spiro atoms. The van der Waals surface area contributed by atoms with Crippen LogP contribution in [-0.2, 0) is 17.5 Å². The number of anilines is 2. The summed E-state index contributed by atoms with van der Waals surface area (Å²) >= 11 is 3.47. The van der Waals surface area contributed by atoms with E-state index in [1.807, 2.05) is 24.0 Å². The molecule has 184 valence electrons. The van der Waals surface area contributed by atoms with Crippen LogP contribution < -0.4 is 15.0 Å². The van der Waals surface area contributed by atoms with Crippen LogP contribution in [0.5, 0.6) is 5.75 Å². The van der Waals surface area contributed by atoms with E-state index in [0.29, 0.717) is 46.0 Å². The molecule has 0 amide bonds. The summed E-state index contributed by atoms with van der Waals surface area (Å²) in [7, 11) is 1.33. The lowest BCUT2D eigenvalue weighted by Gasteiger charge is -2.34. The number of aromatic nitrogens is 1. The summed E-state index contributed by atoms with van der Waals surface area (Å²) in [5.41, 5.74) is 1.88. The van der Waals surface area contributed by atoms with E-state index in [2.05, 4.69) is 26.2 Å². The molecule has 1 aliphatic rings. The fourth-order valence-electron chi connectivity index (χ4n) is 3.91. The lowest BCUT2D eigenvalue weighted by Crippen LogP contribution is -2.33. The lowest BCUT2D eigenvalue weighted by atomic mass is 10.1. The number of halogens is 4. The number of carbonyl (C=O) groups is 1. The van der Waals surface area contributed by atoms with Gasteiger partial charge in [-0.1, -0.05) is 24.3 Å². The van der Waals surface area contributed by atoms with Gasteiger partial charge >= 0.3 is 12.1 Å². The van der Waals surface area contributed by atoms with Crippen LogP contribution in [0.4, 0.5) is 24.7 Å². The summed E-state index contributed by atoms with van der Waals surface area (Å²) in [5.74, 6) is 0.705. The van der Waals surface area contributed by atoms with Crippen LogP contribution in [0.15, 0.2) is 59.2 Å². The first-order valence-electron chi connectivity index (χ1n) is 10.8. The van der Waals surface area contributed by atoms with Gasteiger partial charge in [-0.2, -0.15) is 13.2 Å². The number of pyridine rings is 1. The maximum Gasteiger partial charge on any atom is 0.416 e. The quantitative estimate of drug-likeness (QED) is 0.368. The Kier molecular flexibility index (Phi) is 7.20. The second kappa shape index (κ2) is 10.2. The zero-order valence-electron chi connectivity index (χ0n) is 19.0. The summed E-state index contributed by atoms with van der Waals surface area (Å²) < 4.78 is 50.9. The molecule has 0 radical (unpaired) electrons. The number of esters is 1. The molecular formula is C25H23BrF3N3O3.